The lowest BCUT2D eigenvalue weighted by atomic mass is 10.1. The Morgan fingerprint density at radius 3 is 2.83 bits per heavy atom. The van der Waals surface area contributed by atoms with Crippen LogP contribution in [0.5, 0.6) is 11.5 Å². The van der Waals surface area contributed by atoms with Crippen molar-refractivity contribution in [2.24, 2.45) is 0 Å². The van der Waals surface area contributed by atoms with Crippen molar-refractivity contribution in [2.75, 3.05) is 19.0 Å². The quantitative estimate of drug-likeness (QED) is 0.601. The largest absolute Gasteiger partial charge is 0.507 e. The number of carbonyl (C=O) groups is 1. The maximum Gasteiger partial charge on any atom is 0.255 e. The van der Waals surface area contributed by atoms with Crippen molar-refractivity contribution in [3.63, 3.8) is 0 Å². The van der Waals surface area contributed by atoms with E-state index in [4.69, 9.17) is 4.74 Å². The Hall–Kier alpha value is -1.23. The molecule has 0 heterocycles. The van der Waals surface area contributed by atoms with E-state index in [1.165, 1.54) is 19.2 Å². The number of amides is 1. The number of carbonyl (C=O) groups excluding carboxylic acids is 1. The predicted octanol–water partition coefficient (Wildman–Crippen LogP) is 2.70. The van der Waals surface area contributed by atoms with Crippen LogP contribution in [0, 0.1) is 0 Å². The number of rotatable bonds is 7. The molecule has 100 valence electrons. The normalized spacial score (nSPS) is 10.1. The zero-order valence-electron chi connectivity index (χ0n) is 10.4. The molecule has 0 aliphatic rings. The number of nitrogens with one attached hydrogen (secondary N) is 1. The fourth-order valence-corrected chi connectivity index (χ4v) is 1.91. The summed E-state index contributed by atoms with van der Waals surface area (Å²) in [6.45, 7) is 0.614. The smallest absolute Gasteiger partial charge is 0.255 e. The van der Waals surface area contributed by atoms with Gasteiger partial charge in [-0.15, -0.1) is 0 Å². The molecular weight excluding hydrogens is 298 g/mol. The third-order valence-electron chi connectivity index (χ3n) is 2.54. The van der Waals surface area contributed by atoms with Gasteiger partial charge in [0.05, 0.1) is 12.7 Å². The molecule has 1 aromatic carbocycles. The number of alkyl halides is 1. The second-order valence-electron chi connectivity index (χ2n) is 3.89. The van der Waals surface area contributed by atoms with E-state index in [1.54, 1.807) is 6.07 Å². The van der Waals surface area contributed by atoms with Gasteiger partial charge in [-0.25, -0.2) is 0 Å². The first kappa shape index (κ1) is 14.8. The van der Waals surface area contributed by atoms with Crippen molar-refractivity contribution in [2.45, 2.75) is 19.3 Å². The topological polar surface area (TPSA) is 58.6 Å². The Kier molecular flexibility index (Phi) is 6.57. The van der Waals surface area contributed by atoms with E-state index in [-0.39, 0.29) is 17.2 Å². The lowest BCUT2D eigenvalue weighted by Crippen LogP contribution is -2.24. The summed E-state index contributed by atoms with van der Waals surface area (Å²) in [4.78, 5) is 11.8. The van der Waals surface area contributed by atoms with E-state index in [0.29, 0.717) is 12.3 Å². The zero-order chi connectivity index (χ0) is 13.4. The Balaban J connectivity index is 2.50. The minimum absolute atomic E-state index is 0.0336. The lowest BCUT2D eigenvalue weighted by molar-refractivity contribution is 0.0950. The number of halogens is 1. The van der Waals surface area contributed by atoms with Crippen LogP contribution >= 0.6 is 15.9 Å². The summed E-state index contributed by atoms with van der Waals surface area (Å²) in [7, 11) is 1.52. The Bertz CT molecular complexity index is 396. The molecule has 0 aliphatic heterocycles. The van der Waals surface area contributed by atoms with E-state index < -0.39 is 0 Å². The number of phenolic OH excluding ortho intramolecular Hbond substituents is 1. The minimum atomic E-state index is -0.273. The molecule has 18 heavy (non-hydrogen) atoms. The van der Waals surface area contributed by atoms with Crippen LogP contribution in [0.25, 0.3) is 0 Å². The van der Waals surface area contributed by atoms with Crippen molar-refractivity contribution in [3.8, 4) is 11.5 Å². The first-order valence-corrected chi connectivity index (χ1v) is 7.02. The van der Waals surface area contributed by atoms with Crippen LogP contribution in [0.2, 0.25) is 0 Å². The number of methoxy groups -OCH3 is 1. The van der Waals surface area contributed by atoms with E-state index in [1.807, 2.05) is 0 Å². The van der Waals surface area contributed by atoms with Crippen LogP contribution < -0.4 is 10.1 Å². The molecule has 0 spiro atoms. The zero-order valence-corrected chi connectivity index (χ0v) is 12.0. The summed E-state index contributed by atoms with van der Waals surface area (Å²) in [5.41, 5.74) is 0.245. The van der Waals surface area contributed by atoms with E-state index in [0.717, 1.165) is 24.6 Å². The van der Waals surface area contributed by atoms with E-state index >= 15 is 0 Å². The molecule has 4 nitrogen and oxygen atoms in total. The molecule has 2 N–H and O–H groups in total. The maximum absolute atomic E-state index is 11.8. The molecule has 0 unspecified atom stereocenters. The highest BCUT2D eigenvalue weighted by atomic mass is 79.9. The molecule has 0 radical (unpaired) electrons. The minimum Gasteiger partial charge on any atom is -0.507 e. The first-order valence-electron chi connectivity index (χ1n) is 5.90. The highest BCUT2D eigenvalue weighted by Crippen LogP contribution is 2.22. The number of ether oxygens (including phenoxy) is 1. The Labute approximate surface area is 115 Å². The van der Waals surface area contributed by atoms with Crippen LogP contribution in [0.4, 0.5) is 0 Å². The summed E-state index contributed by atoms with van der Waals surface area (Å²) in [6.07, 6.45) is 3.10. The van der Waals surface area contributed by atoms with Crippen LogP contribution in [0.1, 0.15) is 29.6 Å². The van der Waals surface area contributed by atoms with Gasteiger partial charge in [-0.1, -0.05) is 22.4 Å². The average Bonchev–Trinajstić information content (AvgIpc) is 2.39. The van der Waals surface area contributed by atoms with Crippen molar-refractivity contribution in [1.82, 2.24) is 5.32 Å². The van der Waals surface area contributed by atoms with Crippen molar-refractivity contribution in [1.29, 1.82) is 0 Å². The molecule has 0 fully saturated rings. The van der Waals surface area contributed by atoms with Gasteiger partial charge >= 0.3 is 0 Å². The summed E-state index contributed by atoms with van der Waals surface area (Å²) < 4.78 is 5.02. The number of hydrogen-bond acceptors (Lipinski definition) is 3. The van der Waals surface area contributed by atoms with Gasteiger partial charge in [0.2, 0.25) is 0 Å². The molecule has 0 aromatic heterocycles. The Morgan fingerprint density at radius 2 is 2.17 bits per heavy atom. The van der Waals surface area contributed by atoms with Crippen molar-refractivity contribution < 1.29 is 14.6 Å². The van der Waals surface area contributed by atoms with Gasteiger partial charge in [0, 0.05) is 11.9 Å². The standard InChI is InChI=1S/C13H18BrNO3/c1-18-10-5-6-12(16)11(9-10)13(17)15-8-4-2-3-7-14/h5-6,9,16H,2-4,7-8H2,1H3,(H,15,17). The van der Waals surface area contributed by atoms with Crippen LogP contribution in [0.3, 0.4) is 0 Å². The van der Waals surface area contributed by atoms with Gasteiger partial charge in [-0.3, -0.25) is 4.79 Å². The van der Waals surface area contributed by atoms with Crippen LogP contribution in [0.15, 0.2) is 18.2 Å². The number of phenols is 1. The van der Waals surface area contributed by atoms with Gasteiger partial charge in [-0.2, -0.15) is 0 Å². The number of unbranched alkanes of at least 4 members (excludes halogenated alkanes) is 2. The molecule has 5 heteroatoms. The SMILES string of the molecule is COc1ccc(O)c(C(=O)NCCCCCBr)c1. The maximum atomic E-state index is 11.8. The summed E-state index contributed by atoms with van der Waals surface area (Å²) in [5.74, 6) is 0.247. The number of benzene rings is 1. The van der Waals surface area contributed by atoms with Crippen LogP contribution in [-0.2, 0) is 0 Å². The monoisotopic (exact) mass is 315 g/mol. The molecule has 0 saturated heterocycles. The summed E-state index contributed by atoms with van der Waals surface area (Å²) in [5, 5.41) is 13.4. The highest BCUT2D eigenvalue weighted by molar-refractivity contribution is 9.09. The molecule has 1 amide bonds. The van der Waals surface area contributed by atoms with Gasteiger partial charge in [-0.05, 0) is 31.0 Å². The second-order valence-corrected chi connectivity index (χ2v) is 4.68. The van der Waals surface area contributed by atoms with Crippen molar-refractivity contribution in [3.05, 3.63) is 23.8 Å². The highest BCUT2D eigenvalue weighted by Gasteiger charge is 2.11. The molecular formula is C13H18BrNO3. The summed E-state index contributed by atoms with van der Waals surface area (Å²) >= 11 is 3.36. The van der Waals surface area contributed by atoms with E-state index in [9.17, 15) is 9.90 Å². The molecule has 0 aliphatic carbocycles. The molecule has 1 aromatic rings. The summed E-state index contributed by atoms with van der Waals surface area (Å²) in [6, 6.07) is 4.60. The Morgan fingerprint density at radius 1 is 1.39 bits per heavy atom. The van der Waals surface area contributed by atoms with Gasteiger partial charge < -0.3 is 15.2 Å². The van der Waals surface area contributed by atoms with Crippen molar-refractivity contribution >= 4 is 21.8 Å². The fourth-order valence-electron chi connectivity index (χ4n) is 1.52. The van der Waals surface area contributed by atoms with Gasteiger partial charge in [0.25, 0.3) is 5.91 Å². The molecule has 0 atom stereocenters. The first-order chi connectivity index (χ1) is 8.69. The van der Waals surface area contributed by atoms with Gasteiger partial charge in [0.1, 0.15) is 11.5 Å². The molecule has 1 rings (SSSR count). The number of hydrogen-bond donors (Lipinski definition) is 2. The second kappa shape index (κ2) is 7.97. The average molecular weight is 316 g/mol. The molecule has 0 saturated carbocycles. The fraction of sp³-hybridized carbons (Fsp3) is 0.462. The third-order valence-corrected chi connectivity index (χ3v) is 3.11. The molecule has 0 bridgehead atoms. The third kappa shape index (κ3) is 4.56. The number of aromatic hydroxyl groups is 1. The predicted molar refractivity (Wildman–Crippen MR) is 74.6 cm³/mol. The van der Waals surface area contributed by atoms with Crippen LogP contribution in [-0.4, -0.2) is 30.0 Å². The van der Waals surface area contributed by atoms with Gasteiger partial charge in [0.15, 0.2) is 0 Å². The lowest BCUT2D eigenvalue weighted by Gasteiger charge is -2.08. The van der Waals surface area contributed by atoms with E-state index in [2.05, 4.69) is 21.2 Å².